The summed E-state index contributed by atoms with van der Waals surface area (Å²) in [4.78, 5) is 0. The maximum absolute atomic E-state index is 5.71. The van der Waals surface area contributed by atoms with Gasteiger partial charge in [-0.3, -0.25) is 5.84 Å². The van der Waals surface area contributed by atoms with Gasteiger partial charge in [0, 0.05) is 13.1 Å². The van der Waals surface area contributed by atoms with Gasteiger partial charge in [-0.15, -0.1) is 0 Å². The highest BCUT2D eigenvalue weighted by atomic mass is 15.4. The molecule has 0 aromatic rings. The van der Waals surface area contributed by atoms with E-state index < -0.39 is 0 Å². The zero-order valence-corrected chi connectivity index (χ0v) is 6.66. The van der Waals surface area contributed by atoms with Crippen LogP contribution in [0.2, 0.25) is 0 Å². The predicted octanol–water partition coefficient (Wildman–Crippen LogP) is 1.07. The van der Waals surface area contributed by atoms with E-state index in [1.54, 1.807) is 0 Å². The molecule has 0 saturated carbocycles. The number of nitrogens with two attached hydrogens (primary N) is 1. The molecule has 1 aliphatic heterocycles. The second kappa shape index (κ2) is 2.80. The van der Waals surface area contributed by atoms with E-state index in [4.69, 9.17) is 5.84 Å². The lowest BCUT2D eigenvalue weighted by atomic mass is 9.86. The van der Waals surface area contributed by atoms with Gasteiger partial charge in [0.05, 0.1) is 0 Å². The third kappa shape index (κ3) is 1.37. The van der Waals surface area contributed by atoms with Crippen LogP contribution in [0.5, 0.6) is 0 Å². The molecular weight excluding hydrogens is 136 g/mol. The summed E-state index contributed by atoms with van der Waals surface area (Å²) in [6, 6.07) is 0. The number of piperidine rings is 1. The number of hydrazine groups is 1. The van der Waals surface area contributed by atoms with E-state index in [2.05, 4.69) is 18.2 Å². The zero-order valence-electron chi connectivity index (χ0n) is 6.66. The number of nitrogens with zero attached hydrogens (tertiary/aromatic N) is 1. The van der Waals surface area contributed by atoms with Crippen LogP contribution in [0.25, 0.3) is 0 Å². The molecular formula is C9H14N2. The Morgan fingerprint density at radius 2 is 2.45 bits per heavy atom. The summed E-state index contributed by atoms with van der Waals surface area (Å²) in [5.41, 5.74) is 1.52. The van der Waals surface area contributed by atoms with E-state index >= 15 is 0 Å². The highest BCUT2D eigenvalue weighted by Crippen LogP contribution is 2.27. The average molecular weight is 150 g/mol. The molecule has 0 aromatic carbocycles. The van der Waals surface area contributed by atoms with E-state index in [1.165, 1.54) is 18.4 Å². The van der Waals surface area contributed by atoms with Gasteiger partial charge in [-0.25, -0.2) is 5.01 Å². The molecule has 1 unspecified atom stereocenters. The van der Waals surface area contributed by atoms with Crippen LogP contribution < -0.4 is 5.84 Å². The first kappa shape index (κ1) is 7.07. The van der Waals surface area contributed by atoms with Crippen molar-refractivity contribution >= 4 is 0 Å². The van der Waals surface area contributed by atoms with E-state index in [-0.39, 0.29) is 0 Å². The lowest BCUT2D eigenvalue weighted by molar-refractivity contribution is 0.239. The number of hydrogen-bond donors (Lipinski definition) is 1. The van der Waals surface area contributed by atoms with Crippen LogP contribution in [0.1, 0.15) is 12.8 Å². The van der Waals surface area contributed by atoms with Gasteiger partial charge in [0.1, 0.15) is 0 Å². The van der Waals surface area contributed by atoms with Gasteiger partial charge >= 0.3 is 0 Å². The Hall–Kier alpha value is -0.600. The SMILES string of the molecule is NN1CCC2CC=CC=C2C1. The monoisotopic (exact) mass is 150 g/mol. The number of hydrogen-bond acceptors (Lipinski definition) is 2. The Balaban J connectivity index is 2.12. The minimum absolute atomic E-state index is 0.791. The lowest BCUT2D eigenvalue weighted by Crippen LogP contribution is -2.40. The fourth-order valence-electron chi connectivity index (χ4n) is 1.84. The van der Waals surface area contributed by atoms with Gasteiger partial charge < -0.3 is 0 Å². The summed E-state index contributed by atoms with van der Waals surface area (Å²) in [7, 11) is 0. The maximum atomic E-state index is 5.71. The molecule has 0 aromatic heterocycles. The largest absolute Gasteiger partial charge is 0.268 e. The first-order valence-corrected chi connectivity index (χ1v) is 4.21. The summed E-state index contributed by atoms with van der Waals surface area (Å²) in [5.74, 6) is 6.50. The van der Waals surface area contributed by atoms with Crippen LogP contribution >= 0.6 is 0 Å². The molecule has 2 aliphatic rings. The molecule has 0 spiro atoms. The first-order chi connectivity index (χ1) is 5.36. The van der Waals surface area contributed by atoms with Crippen LogP contribution in [0.4, 0.5) is 0 Å². The fourth-order valence-corrected chi connectivity index (χ4v) is 1.84. The van der Waals surface area contributed by atoms with Gasteiger partial charge in [-0.05, 0) is 18.8 Å². The second-order valence-electron chi connectivity index (χ2n) is 3.36. The van der Waals surface area contributed by atoms with Crippen molar-refractivity contribution in [1.82, 2.24) is 5.01 Å². The average Bonchev–Trinajstić information content (AvgIpc) is 2.04. The molecule has 60 valence electrons. The quantitative estimate of drug-likeness (QED) is 0.523. The van der Waals surface area contributed by atoms with Crippen LogP contribution in [0.15, 0.2) is 23.8 Å². The van der Waals surface area contributed by atoms with E-state index in [9.17, 15) is 0 Å². The third-order valence-corrected chi connectivity index (χ3v) is 2.54. The van der Waals surface area contributed by atoms with E-state index in [0.29, 0.717) is 0 Å². The predicted molar refractivity (Wildman–Crippen MR) is 45.7 cm³/mol. The Labute approximate surface area is 67.3 Å². The summed E-state index contributed by atoms with van der Waals surface area (Å²) in [6.45, 7) is 2.02. The number of allylic oxidation sites excluding steroid dienone is 3. The smallest absolute Gasteiger partial charge is 0.0344 e. The Bertz CT molecular complexity index is 206. The summed E-state index contributed by atoms with van der Waals surface area (Å²) in [6.07, 6.45) is 9.06. The summed E-state index contributed by atoms with van der Waals surface area (Å²) >= 11 is 0. The molecule has 1 aliphatic carbocycles. The van der Waals surface area contributed by atoms with E-state index in [0.717, 1.165) is 19.0 Å². The first-order valence-electron chi connectivity index (χ1n) is 4.21. The fraction of sp³-hybridized carbons (Fsp3) is 0.556. The van der Waals surface area contributed by atoms with Gasteiger partial charge in [0.25, 0.3) is 0 Å². The third-order valence-electron chi connectivity index (χ3n) is 2.54. The van der Waals surface area contributed by atoms with Gasteiger partial charge in [0.2, 0.25) is 0 Å². The Morgan fingerprint density at radius 3 is 3.36 bits per heavy atom. The number of rotatable bonds is 0. The van der Waals surface area contributed by atoms with Crippen molar-refractivity contribution in [3.8, 4) is 0 Å². The molecule has 2 heteroatoms. The molecule has 0 amide bonds. The minimum atomic E-state index is 0.791. The van der Waals surface area contributed by atoms with Crippen LogP contribution in [-0.4, -0.2) is 18.1 Å². The van der Waals surface area contributed by atoms with Crippen molar-refractivity contribution in [3.63, 3.8) is 0 Å². The highest BCUT2D eigenvalue weighted by molar-refractivity contribution is 5.23. The molecule has 11 heavy (non-hydrogen) atoms. The van der Waals surface area contributed by atoms with E-state index in [1.807, 2.05) is 5.01 Å². The highest BCUT2D eigenvalue weighted by Gasteiger charge is 2.21. The standard InChI is InChI=1S/C9H14N2/c10-11-6-5-8-3-1-2-4-9(8)7-11/h1-2,4,8H,3,5-7,10H2. The van der Waals surface area contributed by atoms with Crippen LogP contribution in [0.3, 0.4) is 0 Å². The maximum Gasteiger partial charge on any atom is 0.0344 e. The Kier molecular flexibility index (Phi) is 1.80. The molecule has 2 nitrogen and oxygen atoms in total. The minimum Gasteiger partial charge on any atom is -0.268 e. The molecule has 1 heterocycles. The van der Waals surface area contributed by atoms with Crippen molar-refractivity contribution in [2.75, 3.05) is 13.1 Å². The van der Waals surface area contributed by atoms with Crippen LogP contribution in [0, 0.1) is 5.92 Å². The van der Waals surface area contributed by atoms with Gasteiger partial charge in [0.15, 0.2) is 0 Å². The number of fused-ring (bicyclic) bond motifs is 1. The molecule has 1 fully saturated rings. The second-order valence-corrected chi connectivity index (χ2v) is 3.36. The van der Waals surface area contributed by atoms with Gasteiger partial charge in [-0.1, -0.05) is 23.8 Å². The lowest BCUT2D eigenvalue weighted by Gasteiger charge is -2.32. The molecule has 0 radical (unpaired) electrons. The molecule has 0 bridgehead atoms. The molecule has 1 saturated heterocycles. The Morgan fingerprint density at radius 1 is 1.55 bits per heavy atom. The van der Waals surface area contributed by atoms with Gasteiger partial charge in [-0.2, -0.15) is 0 Å². The molecule has 1 atom stereocenters. The zero-order chi connectivity index (χ0) is 7.68. The van der Waals surface area contributed by atoms with Crippen molar-refractivity contribution < 1.29 is 0 Å². The molecule has 2 rings (SSSR count). The van der Waals surface area contributed by atoms with Crippen molar-refractivity contribution in [1.29, 1.82) is 0 Å². The topological polar surface area (TPSA) is 29.3 Å². The molecule has 2 N–H and O–H groups in total. The van der Waals surface area contributed by atoms with Crippen LogP contribution in [-0.2, 0) is 0 Å². The normalized spacial score (nSPS) is 31.4. The van der Waals surface area contributed by atoms with Crippen molar-refractivity contribution in [3.05, 3.63) is 23.8 Å². The summed E-state index contributed by atoms with van der Waals surface area (Å²) < 4.78 is 0. The van der Waals surface area contributed by atoms with Crippen molar-refractivity contribution in [2.24, 2.45) is 11.8 Å². The van der Waals surface area contributed by atoms with Crippen molar-refractivity contribution in [2.45, 2.75) is 12.8 Å². The summed E-state index contributed by atoms with van der Waals surface area (Å²) in [5, 5.41) is 1.90.